The zero-order chi connectivity index (χ0) is 14.7. The van der Waals surface area contributed by atoms with Crippen LogP contribution in [0, 0.1) is 6.92 Å². The second kappa shape index (κ2) is 6.37. The summed E-state index contributed by atoms with van der Waals surface area (Å²) < 4.78 is 1.84. The fourth-order valence-electron chi connectivity index (χ4n) is 2.27. The highest BCUT2D eigenvalue weighted by Gasteiger charge is 2.14. The lowest BCUT2D eigenvalue weighted by atomic mass is 10.3. The Morgan fingerprint density at radius 2 is 2.15 bits per heavy atom. The summed E-state index contributed by atoms with van der Waals surface area (Å²) in [7, 11) is 1.91. The summed E-state index contributed by atoms with van der Waals surface area (Å²) in [4.78, 5) is 16.2. The first-order chi connectivity index (χ1) is 9.56. The average Bonchev–Trinajstić information content (AvgIpc) is 2.97. The Bertz CT molecular complexity index is 563. The largest absolute Gasteiger partial charge is 0.350 e. The van der Waals surface area contributed by atoms with Crippen molar-refractivity contribution in [3.05, 3.63) is 16.6 Å². The number of nitrogens with one attached hydrogen (secondary N) is 1. The Balaban J connectivity index is 1.99. The van der Waals surface area contributed by atoms with Gasteiger partial charge in [-0.1, -0.05) is 13.8 Å². The summed E-state index contributed by atoms with van der Waals surface area (Å²) in [5.41, 5.74) is 0.973. The van der Waals surface area contributed by atoms with Gasteiger partial charge in [0.25, 0.3) is 5.91 Å². The second-order valence-corrected chi connectivity index (χ2v) is 5.85. The lowest BCUT2D eigenvalue weighted by molar-refractivity contribution is 0.0953. The monoisotopic (exact) mass is 294 g/mol. The van der Waals surface area contributed by atoms with E-state index < -0.39 is 0 Å². The van der Waals surface area contributed by atoms with E-state index in [0.29, 0.717) is 6.54 Å². The first kappa shape index (κ1) is 15.0. The third kappa shape index (κ3) is 3.02. The van der Waals surface area contributed by atoms with Crippen molar-refractivity contribution in [1.82, 2.24) is 20.0 Å². The predicted octanol–water partition coefficient (Wildman–Crippen LogP) is 2.01. The number of aryl methyl sites for hydroxylation is 2. The van der Waals surface area contributed by atoms with Gasteiger partial charge in [-0.15, -0.1) is 11.3 Å². The smallest absolute Gasteiger partial charge is 0.261 e. The summed E-state index contributed by atoms with van der Waals surface area (Å²) >= 11 is 1.50. The lowest BCUT2D eigenvalue weighted by Gasteiger charge is -2.17. The molecule has 0 unspecified atom stereocenters. The molecule has 2 rings (SSSR count). The molecule has 0 fully saturated rings. The number of aromatic nitrogens is 2. The summed E-state index contributed by atoms with van der Waals surface area (Å²) in [6.07, 6.45) is 0. The molecule has 0 radical (unpaired) electrons. The van der Waals surface area contributed by atoms with Gasteiger partial charge in [0.15, 0.2) is 0 Å². The third-order valence-electron chi connectivity index (χ3n) is 3.53. The molecule has 6 heteroatoms. The van der Waals surface area contributed by atoms with E-state index >= 15 is 0 Å². The van der Waals surface area contributed by atoms with Crippen molar-refractivity contribution >= 4 is 27.5 Å². The first-order valence-electron chi connectivity index (χ1n) is 7.00. The Morgan fingerprint density at radius 1 is 1.45 bits per heavy atom. The number of fused-ring (bicyclic) bond motifs is 1. The molecule has 20 heavy (non-hydrogen) atoms. The molecule has 0 aliphatic rings. The minimum Gasteiger partial charge on any atom is -0.350 e. The number of thiophene rings is 1. The number of carbonyl (C=O) groups excluding carboxylic acids is 1. The lowest BCUT2D eigenvalue weighted by Crippen LogP contribution is -2.34. The van der Waals surface area contributed by atoms with Crippen molar-refractivity contribution < 1.29 is 4.79 Å². The van der Waals surface area contributed by atoms with Crippen LogP contribution in [0.5, 0.6) is 0 Å². The van der Waals surface area contributed by atoms with Gasteiger partial charge in [-0.25, -0.2) is 0 Å². The van der Waals surface area contributed by atoms with Gasteiger partial charge in [0.1, 0.15) is 4.83 Å². The molecule has 0 atom stereocenters. The van der Waals surface area contributed by atoms with E-state index in [1.54, 1.807) is 0 Å². The zero-order valence-electron chi connectivity index (χ0n) is 12.6. The number of rotatable bonds is 6. The molecular weight excluding hydrogens is 272 g/mol. The van der Waals surface area contributed by atoms with Crippen LogP contribution in [0.4, 0.5) is 0 Å². The van der Waals surface area contributed by atoms with Gasteiger partial charge in [0.05, 0.1) is 10.6 Å². The van der Waals surface area contributed by atoms with E-state index in [1.165, 1.54) is 11.3 Å². The van der Waals surface area contributed by atoms with Gasteiger partial charge >= 0.3 is 0 Å². The van der Waals surface area contributed by atoms with Crippen LogP contribution in [-0.2, 0) is 7.05 Å². The van der Waals surface area contributed by atoms with Gasteiger partial charge in [-0.3, -0.25) is 9.48 Å². The van der Waals surface area contributed by atoms with Crippen LogP contribution in [0.1, 0.15) is 29.2 Å². The molecule has 0 bridgehead atoms. The van der Waals surface area contributed by atoms with Crippen LogP contribution in [0.25, 0.3) is 10.2 Å². The van der Waals surface area contributed by atoms with Crippen molar-refractivity contribution in [2.45, 2.75) is 20.8 Å². The van der Waals surface area contributed by atoms with E-state index in [-0.39, 0.29) is 5.91 Å². The number of hydrogen-bond donors (Lipinski definition) is 1. The van der Waals surface area contributed by atoms with Crippen molar-refractivity contribution in [2.24, 2.45) is 7.05 Å². The highest BCUT2D eigenvalue weighted by atomic mass is 32.1. The SMILES string of the molecule is CCN(CC)CCNC(=O)c1cc2c(C)nn(C)c2s1. The Hall–Kier alpha value is -1.40. The van der Waals surface area contributed by atoms with E-state index in [0.717, 1.165) is 40.4 Å². The molecule has 0 saturated heterocycles. The maximum atomic E-state index is 12.1. The number of carbonyl (C=O) groups is 1. The standard InChI is InChI=1S/C14H22N4OS/c1-5-18(6-2)8-7-15-13(19)12-9-11-10(3)16-17(4)14(11)20-12/h9H,5-8H2,1-4H3,(H,15,19). The van der Waals surface area contributed by atoms with Crippen LogP contribution >= 0.6 is 11.3 Å². The van der Waals surface area contributed by atoms with Gasteiger partial charge in [0, 0.05) is 25.5 Å². The molecule has 5 nitrogen and oxygen atoms in total. The number of hydrogen-bond acceptors (Lipinski definition) is 4. The molecule has 0 aliphatic carbocycles. The fourth-order valence-corrected chi connectivity index (χ4v) is 3.31. The van der Waals surface area contributed by atoms with E-state index in [1.807, 2.05) is 24.7 Å². The molecule has 1 N–H and O–H groups in total. The third-order valence-corrected chi connectivity index (χ3v) is 4.73. The van der Waals surface area contributed by atoms with Crippen LogP contribution in [0.15, 0.2) is 6.07 Å². The Labute approximate surface area is 123 Å². The fraction of sp³-hybridized carbons (Fsp3) is 0.571. The summed E-state index contributed by atoms with van der Waals surface area (Å²) in [6, 6.07) is 1.94. The van der Waals surface area contributed by atoms with Gasteiger partial charge in [-0.2, -0.15) is 5.10 Å². The van der Waals surface area contributed by atoms with Crippen LogP contribution in [0.3, 0.4) is 0 Å². The summed E-state index contributed by atoms with van der Waals surface area (Å²) in [6.45, 7) is 9.84. The Kier molecular flexibility index (Phi) is 4.77. The normalized spacial score (nSPS) is 11.4. The van der Waals surface area contributed by atoms with E-state index in [2.05, 4.69) is 29.2 Å². The summed E-state index contributed by atoms with van der Waals surface area (Å²) in [5, 5.41) is 8.41. The molecule has 0 spiro atoms. The quantitative estimate of drug-likeness (QED) is 0.886. The molecule has 1 amide bonds. The zero-order valence-corrected chi connectivity index (χ0v) is 13.4. The van der Waals surface area contributed by atoms with Crippen molar-refractivity contribution in [2.75, 3.05) is 26.2 Å². The average molecular weight is 294 g/mol. The minimum atomic E-state index is 0.0118. The minimum absolute atomic E-state index is 0.0118. The number of nitrogens with zero attached hydrogens (tertiary/aromatic N) is 3. The molecular formula is C14H22N4OS. The first-order valence-corrected chi connectivity index (χ1v) is 7.82. The van der Waals surface area contributed by atoms with Gasteiger partial charge in [0.2, 0.25) is 0 Å². The number of likely N-dealkylation sites (N-methyl/N-ethyl adjacent to an activating group) is 1. The van der Waals surface area contributed by atoms with E-state index in [4.69, 9.17) is 0 Å². The molecule has 0 aromatic carbocycles. The molecule has 2 aromatic rings. The highest BCUT2D eigenvalue weighted by Crippen LogP contribution is 2.27. The second-order valence-electron chi connectivity index (χ2n) is 4.82. The van der Waals surface area contributed by atoms with Gasteiger partial charge < -0.3 is 10.2 Å². The van der Waals surface area contributed by atoms with Gasteiger partial charge in [-0.05, 0) is 26.1 Å². The van der Waals surface area contributed by atoms with E-state index in [9.17, 15) is 4.79 Å². The molecule has 110 valence electrons. The molecule has 2 heterocycles. The van der Waals surface area contributed by atoms with Crippen LogP contribution < -0.4 is 5.32 Å². The highest BCUT2D eigenvalue weighted by molar-refractivity contribution is 7.20. The predicted molar refractivity (Wildman–Crippen MR) is 83.4 cm³/mol. The molecule has 0 aliphatic heterocycles. The maximum absolute atomic E-state index is 12.1. The van der Waals surface area contributed by atoms with Crippen LogP contribution in [0.2, 0.25) is 0 Å². The Morgan fingerprint density at radius 3 is 2.75 bits per heavy atom. The maximum Gasteiger partial charge on any atom is 0.261 e. The van der Waals surface area contributed by atoms with Crippen molar-refractivity contribution in [3.8, 4) is 0 Å². The van der Waals surface area contributed by atoms with Crippen LogP contribution in [-0.4, -0.2) is 46.8 Å². The topological polar surface area (TPSA) is 50.2 Å². The van der Waals surface area contributed by atoms with Crippen molar-refractivity contribution in [3.63, 3.8) is 0 Å². The molecule has 2 aromatic heterocycles. The number of amides is 1. The summed E-state index contributed by atoms with van der Waals surface area (Å²) in [5.74, 6) is 0.0118. The molecule has 0 saturated carbocycles. The van der Waals surface area contributed by atoms with Crippen molar-refractivity contribution in [1.29, 1.82) is 0 Å².